The zero-order valence-corrected chi connectivity index (χ0v) is 23.1. The molecule has 3 amide bonds. The molecule has 1 saturated heterocycles. The van der Waals surface area contributed by atoms with Crippen LogP contribution in [0.4, 0.5) is 19.3 Å². The van der Waals surface area contributed by atoms with Gasteiger partial charge in [-0.3, -0.25) is 9.79 Å². The van der Waals surface area contributed by atoms with Gasteiger partial charge in [-0.1, -0.05) is 19.6 Å². The van der Waals surface area contributed by atoms with Crippen LogP contribution in [0.3, 0.4) is 0 Å². The number of nitrogens with two attached hydrogens (primary N) is 1. The molecule has 0 bridgehead atoms. The van der Waals surface area contributed by atoms with E-state index in [0.717, 1.165) is 18.2 Å². The van der Waals surface area contributed by atoms with Gasteiger partial charge in [-0.05, 0) is 60.0 Å². The number of rotatable bonds is 6. The lowest BCUT2D eigenvalue weighted by atomic mass is 9.72. The van der Waals surface area contributed by atoms with E-state index in [0.29, 0.717) is 45.6 Å². The van der Waals surface area contributed by atoms with Crippen molar-refractivity contribution in [2.45, 2.75) is 56.9 Å². The summed E-state index contributed by atoms with van der Waals surface area (Å²) in [6.07, 6.45) is 3.05. The summed E-state index contributed by atoms with van der Waals surface area (Å²) < 4.78 is 35.3. The van der Waals surface area contributed by atoms with Crippen LogP contribution in [0.5, 0.6) is 0 Å². The molecule has 1 aromatic rings. The van der Waals surface area contributed by atoms with E-state index in [1.165, 1.54) is 18.1 Å². The number of aliphatic imine (C=N–C) groups is 1. The topological polar surface area (TPSA) is 88.2 Å². The molecule has 1 atom stereocenters. The predicted octanol–water partition coefficient (Wildman–Crippen LogP) is 4.88. The number of nitrogens with zero attached hydrogens (tertiary/aromatic N) is 3. The fraction of sp³-hybridized carbons (Fsp3) is 0.522. The summed E-state index contributed by atoms with van der Waals surface area (Å²) in [5.74, 6) is -2.62. The van der Waals surface area contributed by atoms with E-state index >= 15 is 0 Å². The average molecular weight is 605 g/mol. The predicted molar refractivity (Wildman–Crippen MR) is 140 cm³/mol. The fourth-order valence-electron chi connectivity index (χ4n) is 4.46. The molecule has 11 heteroatoms. The molecular weight excluding hydrogens is 573 g/mol. The van der Waals surface area contributed by atoms with E-state index < -0.39 is 42.9 Å². The van der Waals surface area contributed by atoms with Gasteiger partial charge < -0.3 is 15.4 Å². The summed E-state index contributed by atoms with van der Waals surface area (Å²) in [6, 6.07) is 2.39. The minimum atomic E-state index is -1.21. The Morgan fingerprint density at radius 1 is 1.26 bits per heavy atom. The van der Waals surface area contributed by atoms with Crippen LogP contribution in [0.15, 0.2) is 28.9 Å². The van der Waals surface area contributed by atoms with Crippen LogP contribution in [0.25, 0.3) is 0 Å². The highest BCUT2D eigenvalue weighted by Crippen LogP contribution is 2.43. The summed E-state index contributed by atoms with van der Waals surface area (Å²) in [7, 11) is 0.315. The summed E-state index contributed by atoms with van der Waals surface area (Å²) in [5, 5.41) is 0. The van der Waals surface area contributed by atoms with Gasteiger partial charge >= 0.3 is 6.03 Å². The molecule has 1 spiro atoms. The van der Waals surface area contributed by atoms with Crippen molar-refractivity contribution >= 4 is 54.0 Å². The van der Waals surface area contributed by atoms with E-state index in [-0.39, 0.29) is 13.2 Å². The van der Waals surface area contributed by atoms with Crippen molar-refractivity contribution in [3.63, 3.8) is 0 Å². The number of halogens is 3. The molecule has 0 aromatic heterocycles. The minimum absolute atomic E-state index is 0.154. The van der Waals surface area contributed by atoms with E-state index in [9.17, 15) is 18.4 Å². The normalized spacial score (nSPS) is 24.1. The van der Waals surface area contributed by atoms with Gasteiger partial charge in [0.15, 0.2) is 11.6 Å². The number of hydrogen-bond acceptors (Lipinski definition) is 5. The van der Waals surface area contributed by atoms with Crippen LogP contribution in [0.1, 0.15) is 25.7 Å². The Morgan fingerprint density at radius 2 is 1.91 bits per heavy atom. The zero-order valence-electron chi connectivity index (χ0n) is 20.0. The fourth-order valence-corrected chi connectivity index (χ4v) is 5.76. The lowest BCUT2D eigenvalue weighted by molar-refractivity contribution is -0.121. The van der Waals surface area contributed by atoms with Crippen molar-refractivity contribution in [3.8, 4) is 0 Å². The number of carbonyl (C=O) groups is 2. The van der Waals surface area contributed by atoms with Crippen LogP contribution < -0.4 is 10.6 Å². The van der Waals surface area contributed by atoms with E-state index in [1.54, 1.807) is 22.6 Å². The Hall–Kier alpha value is -1.86. The lowest BCUT2D eigenvalue weighted by Gasteiger charge is -2.50. The molecule has 0 unspecified atom stereocenters. The number of carbonyl (C=O) groups excluding carboxylic acids is 2. The minimum Gasteiger partial charge on any atom is -0.404 e. The maximum Gasteiger partial charge on any atom is 0.332 e. The van der Waals surface area contributed by atoms with Crippen LogP contribution in [-0.4, -0.2) is 56.5 Å². The Bertz CT molecular complexity index is 1020. The van der Waals surface area contributed by atoms with Crippen LogP contribution in [0.2, 0.25) is 25.7 Å². The summed E-state index contributed by atoms with van der Waals surface area (Å²) in [4.78, 5) is 33.1. The number of imide groups is 1. The SMILES string of the molecule is CN1C(=O)N(c2c(F)cc(I)cc2F)C(=O)C[C@]12CCCC(=NCOCC[Si](C)(C)C)C2=CN. The molecule has 1 aliphatic carbocycles. The van der Waals surface area contributed by atoms with Crippen molar-refractivity contribution in [1.29, 1.82) is 0 Å². The maximum atomic E-state index is 14.6. The van der Waals surface area contributed by atoms with Gasteiger partial charge in [0.1, 0.15) is 12.4 Å². The van der Waals surface area contributed by atoms with Crippen molar-refractivity contribution in [2.75, 3.05) is 25.3 Å². The number of anilines is 1. The second kappa shape index (κ2) is 10.4. The van der Waals surface area contributed by atoms with Crippen molar-refractivity contribution < 1.29 is 23.1 Å². The standard InChI is InChI=1S/C23H31F2IN4O3Si/c1-29-22(32)30(21-17(24)10-15(26)11-18(21)25)20(31)12-23(29)7-5-6-19(16(23)13-27)28-14-33-8-9-34(2,3)4/h10-11,13H,5-9,12,14,27H2,1-4H3/t23-/m0/s1. The third-order valence-corrected chi connectivity index (χ3v) is 8.67. The van der Waals surface area contributed by atoms with Gasteiger partial charge in [-0.25, -0.2) is 18.5 Å². The number of amides is 3. The number of urea groups is 1. The molecule has 1 saturated carbocycles. The monoisotopic (exact) mass is 604 g/mol. The quantitative estimate of drug-likeness (QED) is 0.285. The Balaban J connectivity index is 1.86. The summed E-state index contributed by atoms with van der Waals surface area (Å²) in [5.41, 5.74) is 5.58. The lowest BCUT2D eigenvalue weighted by Crippen LogP contribution is -2.65. The van der Waals surface area contributed by atoms with Gasteiger partial charge in [0.25, 0.3) is 0 Å². The highest BCUT2D eigenvalue weighted by atomic mass is 127. The Morgan fingerprint density at radius 3 is 2.50 bits per heavy atom. The second-order valence-corrected chi connectivity index (χ2v) is 16.8. The van der Waals surface area contributed by atoms with Crippen molar-refractivity contribution in [3.05, 3.63) is 39.1 Å². The molecule has 7 nitrogen and oxygen atoms in total. The molecule has 2 N–H and O–H groups in total. The highest BCUT2D eigenvalue weighted by molar-refractivity contribution is 14.1. The van der Waals surface area contributed by atoms with E-state index in [1.807, 2.05) is 0 Å². The first-order valence-corrected chi connectivity index (χ1v) is 16.0. The smallest absolute Gasteiger partial charge is 0.332 e. The summed E-state index contributed by atoms with van der Waals surface area (Å²) >= 11 is 1.77. The molecule has 2 aliphatic rings. The van der Waals surface area contributed by atoms with Crippen molar-refractivity contribution in [1.82, 2.24) is 4.90 Å². The molecular formula is C23H31F2IN4O3Si. The zero-order chi connectivity index (χ0) is 25.3. The van der Waals surface area contributed by atoms with Gasteiger partial charge in [0.05, 0.1) is 12.0 Å². The van der Waals surface area contributed by atoms with Crippen molar-refractivity contribution in [2.24, 2.45) is 10.7 Å². The molecule has 1 aliphatic heterocycles. The molecule has 1 aromatic carbocycles. The molecule has 34 heavy (non-hydrogen) atoms. The first-order chi connectivity index (χ1) is 15.9. The Labute approximate surface area is 213 Å². The van der Waals surface area contributed by atoms with E-state index in [2.05, 4.69) is 24.6 Å². The first-order valence-electron chi connectivity index (χ1n) is 11.2. The first kappa shape index (κ1) is 26.7. The number of ether oxygens (including phenoxy) is 1. The third kappa shape index (κ3) is 5.35. The van der Waals surface area contributed by atoms with Gasteiger partial charge in [0.2, 0.25) is 5.91 Å². The van der Waals surface area contributed by atoms with Crippen LogP contribution >= 0.6 is 22.6 Å². The maximum absolute atomic E-state index is 14.6. The number of hydrogen-bond donors (Lipinski definition) is 1. The van der Waals surface area contributed by atoms with Crippen LogP contribution in [-0.2, 0) is 9.53 Å². The van der Waals surface area contributed by atoms with Gasteiger partial charge in [-0.15, -0.1) is 0 Å². The van der Waals surface area contributed by atoms with Gasteiger partial charge in [-0.2, -0.15) is 0 Å². The second-order valence-electron chi connectivity index (χ2n) is 9.88. The largest absolute Gasteiger partial charge is 0.404 e. The van der Waals surface area contributed by atoms with Gasteiger partial charge in [0, 0.05) is 42.8 Å². The van der Waals surface area contributed by atoms with E-state index in [4.69, 9.17) is 10.5 Å². The molecule has 1 heterocycles. The molecule has 186 valence electrons. The highest BCUT2D eigenvalue weighted by Gasteiger charge is 2.53. The summed E-state index contributed by atoms with van der Waals surface area (Å²) in [6.45, 7) is 7.61. The Kier molecular flexibility index (Phi) is 8.18. The number of likely N-dealkylation sites (N-methyl/N-ethyl adjacent to an activating group) is 1. The average Bonchev–Trinajstić information content (AvgIpc) is 2.73. The molecule has 0 radical (unpaired) electrons. The van der Waals surface area contributed by atoms with Crippen LogP contribution in [0, 0.1) is 15.2 Å². The number of benzene rings is 1. The molecule has 3 rings (SSSR count). The molecule has 2 fully saturated rings. The third-order valence-electron chi connectivity index (χ3n) is 6.34.